The van der Waals surface area contributed by atoms with Crippen LogP contribution in [0.3, 0.4) is 0 Å². The third-order valence-corrected chi connectivity index (χ3v) is 8.45. The molecule has 0 saturated carbocycles. The van der Waals surface area contributed by atoms with E-state index in [4.69, 9.17) is 27.9 Å². The van der Waals surface area contributed by atoms with E-state index in [1.165, 1.54) is 31.4 Å². The molecule has 1 saturated heterocycles. The summed E-state index contributed by atoms with van der Waals surface area (Å²) in [5.41, 5.74) is -0.278. The molecule has 8 nitrogen and oxygen atoms in total. The van der Waals surface area contributed by atoms with E-state index in [1.54, 1.807) is 30.3 Å². The van der Waals surface area contributed by atoms with E-state index >= 15 is 4.39 Å². The minimum atomic E-state index is -1.40. The summed E-state index contributed by atoms with van der Waals surface area (Å²) in [7, 11) is 1.33. The van der Waals surface area contributed by atoms with Crippen LogP contribution in [0.15, 0.2) is 54.6 Å². The standard InChI is InChI=1S/C31H30Cl2FN3O5/c1-30(2,3)14-23-31(19-11-8-15(32)12-21(19)36-29(31)41)24(18-6-5-7-20(33)25(18)34)26(37-23)27(38)35-16-9-10-17(28(39)40)22(13-16)42-4/h5-13,23-24,26,37H,14H2,1-4H3,(H,35,38)(H,36,41)(H,39,40)/t23-,24-,26+,31?/m0/s1. The van der Waals surface area contributed by atoms with Crippen LogP contribution in [0.25, 0.3) is 0 Å². The van der Waals surface area contributed by atoms with E-state index < -0.39 is 41.1 Å². The molecule has 5 rings (SSSR count). The third kappa shape index (κ3) is 4.99. The van der Waals surface area contributed by atoms with Crippen molar-refractivity contribution in [3.05, 3.63) is 87.2 Å². The number of anilines is 2. The molecular weight excluding hydrogens is 584 g/mol. The van der Waals surface area contributed by atoms with Crippen LogP contribution in [-0.4, -0.2) is 42.1 Å². The molecule has 1 unspecified atom stereocenters. The summed E-state index contributed by atoms with van der Waals surface area (Å²) in [6, 6.07) is 12.1. The molecule has 2 amide bonds. The first-order valence-corrected chi connectivity index (χ1v) is 14.1. The van der Waals surface area contributed by atoms with E-state index in [-0.39, 0.29) is 38.9 Å². The number of hydrogen-bond acceptors (Lipinski definition) is 5. The van der Waals surface area contributed by atoms with Crippen molar-refractivity contribution in [3.63, 3.8) is 0 Å². The molecule has 220 valence electrons. The van der Waals surface area contributed by atoms with E-state index in [9.17, 15) is 19.5 Å². The monoisotopic (exact) mass is 613 g/mol. The van der Waals surface area contributed by atoms with Crippen LogP contribution in [-0.2, 0) is 15.0 Å². The Balaban J connectivity index is 1.69. The maximum Gasteiger partial charge on any atom is 0.339 e. The Hall–Kier alpha value is -3.66. The molecule has 0 aliphatic carbocycles. The fourth-order valence-electron chi connectivity index (χ4n) is 6.32. The topological polar surface area (TPSA) is 117 Å². The summed E-state index contributed by atoms with van der Waals surface area (Å²) < 4.78 is 21.1. The molecular formula is C31H30Cl2FN3O5. The average Bonchev–Trinajstić information content (AvgIpc) is 3.38. The van der Waals surface area contributed by atoms with Crippen LogP contribution in [0.5, 0.6) is 5.75 Å². The molecule has 42 heavy (non-hydrogen) atoms. The normalized spacial score (nSPS) is 23.0. The number of halogens is 3. The van der Waals surface area contributed by atoms with Gasteiger partial charge in [-0.2, -0.15) is 0 Å². The van der Waals surface area contributed by atoms with Crippen molar-refractivity contribution in [2.75, 3.05) is 17.7 Å². The Morgan fingerprint density at radius 3 is 2.52 bits per heavy atom. The largest absolute Gasteiger partial charge is 0.496 e. The van der Waals surface area contributed by atoms with Crippen molar-refractivity contribution in [1.29, 1.82) is 0 Å². The maximum absolute atomic E-state index is 15.9. The predicted octanol–water partition coefficient (Wildman–Crippen LogP) is 6.23. The van der Waals surface area contributed by atoms with Gasteiger partial charge in [0.1, 0.15) is 22.5 Å². The number of aromatic carboxylic acids is 1. The number of benzene rings is 3. The Labute approximate surface area is 252 Å². The zero-order chi connectivity index (χ0) is 30.6. The van der Waals surface area contributed by atoms with E-state index in [0.717, 1.165) is 0 Å². The fraction of sp³-hybridized carbons (Fsp3) is 0.323. The molecule has 1 spiro atoms. The highest BCUT2D eigenvalue weighted by atomic mass is 35.5. The number of carbonyl (C=O) groups is 3. The highest BCUT2D eigenvalue weighted by Crippen LogP contribution is 2.57. The predicted molar refractivity (Wildman–Crippen MR) is 159 cm³/mol. The molecule has 4 atom stereocenters. The smallest absolute Gasteiger partial charge is 0.339 e. The molecule has 0 radical (unpaired) electrons. The zero-order valence-electron chi connectivity index (χ0n) is 23.3. The zero-order valence-corrected chi connectivity index (χ0v) is 24.9. The van der Waals surface area contributed by atoms with E-state index in [1.807, 2.05) is 20.8 Å². The number of carbonyl (C=O) groups excluding carboxylic acids is 2. The molecule has 3 aromatic carbocycles. The summed E-state index contributed by atoms with van der Waals surface area (Å²) in [4.78, 5) is 39.9. The number of amides is 2. The molecule has 1 fully saturated rings. The van der Waals surface area contributed by atoms with Gasteiger partial charge in [0.25, 0.3) is 0 Å². The Kier molecular flexibility index (Phi) is 7.72. The second-order valence-corrected chi connectivity index (χ2v) is 12.6. The van der Waals surface area contributed by atoms with Crippen LogP contribution in [0.4, 0.5) is 15.8 Å². The molecule has 4 N–H and O–H groups in total. The minimum absolute atomic E-state index is 0.0557. The van der Waals surface area contributed by atoms with Gasteiger partial charge < -0.3 is 25.8 Å². The van der Waals surface area contributed by atoms with Crippen LogP contribution in [0.1, 0.15) is 54.6 Å². The number of carboxylic acids is 1. The van der Waals surface area contributed by atoms with Gasteiger partial charge in [0, 0.05) is 34.4 Å². The molecule has 2 aliphatic rings. The lowest BCUT2D eigenvalue weighted by molar-refractivity contribution is -0.122. The van der Waals surface area contributed by atoms with Crippen LogP contribution in [0.2, 0.25) is 10.0 Å². The van der Waals surface area contributed by atoms with Gasteiger partial charge in [0.15, 0.2) is 0 Å². The fourth-order valence-corrected chi connectivity index (χ4v) is 6.67. The van der Waals surface area contributed by atoms with Crippen LogP contribution >= 0.6 is 23.2 Å². The van der Waals surface area contributed by atoms with Gasteiger partial charge in [-0.1, -0.05) is 62.2 Å². The number of nitrogens with one attached hydrogen (secondary N) is 3. The minimum Gasteiger partial charge on any atom is -0.496 e. The van der Waals surface area contributed by atoms with Gasteiger partial charge >= 0.3 is 5.97 Å². The summed E-state index contributed by atoms with van der Waals surface area (Å²) in [5.74, 6) is -3.80. The number of rotatable bonds is 6. The second-order valence-electron chi connectivity index (χ2n) is 11.8. The lowest BCUT2D eigenvalue weighted by atomic mass is 9.62. The van der Waals surface area contributed by atoms with Crippen molar-refractivity contribution < 1.29 is 28.6 Å². The summed E-state index contributed by atoms with van der Waals surface area (Å²) in [6.07, 6.45) is 0.464. The van der Waals surface area contributed by atoms with Crippen molar-refractivity contribution in [3.8, 4) is 5.75 Å². The lowest BCUT2D eigenvalue weighted by Gasteiger charge is -2.37. The molecule has 0 bridgehead atoms. The highest BCUT2D eigenvalue weighted by molar-refractivity contribution is 6.31. The number of fused-ring (bicyclic) bond motifs is 2. The van der Waals surface area contributed by atoms with E-state index in [0.29, 0.717) is 22.7 Å². The number of carboxylic acid groups (broad SMARTS) is 1. The van der Waals surface area contributed by atoms with Gasteiger partial charge in [-0.3, -0.25) is 9.59 Å². The number of ether oxygens (including phenoxy) is 1. The first-order valence-electron chi connectivity index (χ1n) is 13.3. The van der Waals surface area contributed by atoms with Crippen LogP contribution < -0.4 is 20.7 Å². The van der Waals surface area contributed by atoms with Crippen molar-refractivity contribution in [1.82, 2.24) is 5.32 Å². The molecule has 2 heterocycles. The summed E-state index contributed by atoms with van der Waals surface area (Å²) in [5, 5.41) is 18.9. The maximum atomic E-state index is 15.9. The van der Waals surface area contributed by atoms with Crippen molar-refractivity contribution >= 4 is 52.4 Å². The summed E-state index contributed by atoms with van der Waals surface area (Å²) in [6.45, 7) is 6.07. The average molecular weight is 615 g/mol. The third-order valence-electron chi connectivity index (χ3n) is 7.92. The molecule has 0 aromatic heterocycles. The van der Waals surface area contributed by atoms with Crippen molar-refractivity contribution in [2.24, 2.45) is 5.41 Å². The van der Waals surface area contributed by atoms with Crippen LogP contribution in [0, 0.1) is 11.2 Å². The van der Waals surface area contributed by atoms with Gasteiger partial charge in [-0.05, 0) is 53.3 Å². The lowest BCUT2D eigenvalue weighted by Crippen LogP contribution is -2.49. The van der Waals surface area contributed by atoms with Crippen molar-refractivity contribution in [2.45, 2.75) is 50.6 Å². The van der Waals surface area contributed by atoms with Gasteiger partial charge in [-0.25, -0.2) is 9.18 Å². The number of hydrogen-bond donors (Lipinski definition) is 4. The first kappa shape index (κ1) is 29.8. The Bertz CT molecular complexity index is 1610. The summed E-state index contributed by atoms with van der Waals surface area (Å²) >= 11 is 12.5. The second kappa shape index (κ2) is 10.9. The molecule has 11 heteroatoms. The van der Waals surface area contributed by atoms with Gasteiger partial charge in [-0.15, -0.1) is 0 Å². The Morgan fingerprint density at radius 1 is 1.12 bits per heavy atom. The number of methoxy groups -OCH3 is 1. The van der Waals surface area contributed by atoms with E-state index in [2.05, 4.69) is 16.0 Å². The first-order chi connectivity index (χ1) is 19.8. The Morgan fingerprint density at radius 2 is 1.86 bits per heavy atom. The molecule has 2 aliphatic heterocycles. The van der Waals surface area contributed by atoms with Gasteiger partial charge in [0.2, 0.25) is 11.8 Å². The molecule has 3 aromatic rings. The SMILES string of the molecule is COc1cc(NC(=O)[C@@H]2N[C@@H](CC(C)(C)C)C3(C(=O)Nc4cc(Cl)ccc43)[C@H]2c2cccc(Cl)c2F)ccc1C(=O)O. The highest BCUT2D eigenvalue weighted by Gasteiger charge is 2.66. The van der Waals surface area contributed by atoms with Gasteiger partial charge in [0.05, 0.1) is 18.2 Å². The quantitative estimate of drug-likeness (QED) is 0.262.